The number of aromatic nitrogens is 5. The monoisotopic (exact) mass is 387 g/mol. The van der Waals surface area contributed by atoms with Gasteiger partial charge < -0.3 is 4.74 Å². The molecule has 6 nitrogen and oxygen atoms in total. The van der Waals surface area contributed by atoms with Crippen molar-refractivity contribution in [2.45, 2.75) is 20.3 Å². The van der Waals surface area contributed by atoms with E-state index in [2.05, 4.69) is 36.1 Å². The lowest BCUT2D eigenvalue weighted by molar-refractivity contribution is 0.156. The maximum atomic E-state index is 6.30. The summed E-state index contributed by atoms with van der Waals surface area (Å²) in [5.74, 6) is 0.890. The highest BCUT2D eigenvalue weighted by molar-refractivity contribution is 7.26. The molecule has 4 aromatic heterocycles. The lowest BCUT2D eigenvalue weighted by Crippen LogP contribution is -2.29. The summed E-state index contributed by atoms with van der Waals surface area (Å²) in [7, 11) is 0. The maximum absolute atomic E-state index is 6.30. The molecule has 0 unspecified atom stereocenters. The van der Waals surface area contributed by atoms with Gasteiger partial charge in [0.25, 0.3) is 0 Å². The van der Waals surface area contributed by atoms with Crippen LogP contribution in [0.4, 0.5) is 0 Å². The molecule has 0 aliphatic carbocycles. The van der Waals surface area contributed by atoms with Gasteiger partial charge in [0, 0.05) is 21.9 Å². The van der Waals surface area contributed by atoms with Crippen LogP contribution < -0.4 is 4.74 Å². The van der Waals surface area contributed by atoms with Gasteiger partial charge in [0.1, 0.15) is 33.6 Å². The van der Waals surface area contributed by atoms with Crippen LogP contribution in [0.5, 0.6) is 5.75 Å². The third kappa shape index (κ3) is 2.19. The Balaban J connectivity index is 1.77. The molecule has 1 aliphatic rings. The molecule has 0 spiro atoms. The van der Waals surface area contributed by atoms with Gasteiger partial charge >= 0.3 is 0 Å². The Labute approximate surface area is 164 Å². The van der Waals surface area contributed by atoms with Crippen molar-refractivity contribution in [3.63, 3.8) is 0 Å². The molecule has 0 saturated heterocycles. The van der Waals surface area contributed by atoms with E-state index in [0.29, 0.717) is 6.61 Å². The number of hydrogen-bond donors (Lipinski definition) is 0. The summed E-state index contributed by atoms with van der Waals surface area (Å²) < 4.78 is 9.03. The molecule has 5 heterocycles. The van der Waals surface area contributed by atoms with Crippen LogP contribution in [0.15, 0.2) is 43.0 Å². The van der Waals surface area contributed by atoms with E-state index in [-0.39, 0.29) is 5.41 Å². The van der Waals surface area contributed by atoms with Crippen molar-refractivity contribution < 1.29 is 4.74 Å². The second-order valence-electron chi connectivity index (χ2n) is 8.00. The highest BCUT2D eigenvalue weighted by Gasteiger charge is 2.32. The molecule has 0 bridgehead atoms. The topological polar surface area (TPSA) is 65.2 Å². The largest absolute Gasteiger partial charge is 0.490 e. The molecule has 1 aliphatic heterocycles. The number of nitrogens with zero attached hydrogens (tertiary/aromatic N) is 5. The van der Waals surface area contributed by atoms with Gasteiger partial charge in [-0.2, -0.15) is 5.10 Å². The van der Waals surface area contributed by atoms with Crippen molar-refractivity contribution in [2.75, 3.05) is 6.61 Å². The van der Waals surface area contributed by atoms with Gasteiger partial charge in [-0.05, 0) is 6.42 Å². The molecule has 6 rings (SSSR count). The van der Waals surface area contributed by atoms with Crippen LogP contribution in [0, 0.1) is 5.41 Å². The summed E-state index contributed by atoms with van der Waals surface area (Å²) in [6.45, 7) is 5.16. The standard InChI is InChI=1S/C21H17N5OS/c1-21(2)8-13-14-16-18(19-22-10-24-26(19)11-23-16)28-20(14)25-15(17(13)27-9-21)12-6-4-3-5-7-12/h3-7,10-11H,8-9H2,1-2H3. The first kappa shape index (κ1) is 15.9. The first-order valence-corrected chi connectivity index (χ1v) is 10.0. The van der Waals surface area contributed by atoms with E-state index in [0.717, 1.165) is 49.5 Å². The van der Waals surface area contributed by atoms with E-state index >= 15 is 0 Å². The number of fused-ring (bicyclic) bond motifs is 7. The fourth-order valence-corrected chi connectivity index (χ4v) is 5.11. The van der Waals surface area contributed by atoms with Crippen molar-refractivity contribution >= 4 is 37.4 Å². The SMILES string of the molecule is CC1(C)COc2c(-c3ccccc3)nc3sc4c(ncn5ncnc45)c3c2C1. The van der Waals surface area contributed by atoms with Crippen LogP contribution in [0.2, 0.25) is 0 Å². The minimum atomic E-state index is 0.0580. The van der Waals surface area contributed by atoms with Gasteiger partial charge in [0.2, 0.25) is 0 Å². The number of hydrogen-bond acceptors (Lipinski definition) is 6. The molecule has 0 atom stereocenters. The number of pyridine rings is 1. The minimum absolute atomic E-state index is 0.0580. The Hall–Kier alpha value is -3.06. The van der Waals surface area contributed by atoms with Gasteiger partial charge in [0.05, 0.1) is 12.1 Å². The fourth-order valence-electron chi connectivity index (χ4n) is 3.97. The lowest BCUT2D eigenvalue weighted by Gasteiger charge is -2.32. The molecule has 138 valence electrons. The maximum Gasteiger partial charge on any atom is 0.176 e. The second kappa shape index (κ2) is 5.48. The average molecular weight is 387 g/mol. The van der Waals surface area contributed by atoms with Crippen LogP contribution in [-0.2, 0) is 6.42 Å². The molecule has 0 N–H and O–H groups in total. The third-order valence-electron chi connectivity index (χ3n) is 5.25. The summed E-state index contributed by atoms with van der Waals surface area (Å²) in [5.41, 5.74) is 4.98. The van der Waals surface area contributed by atoms with E-state index in [1.807, 2.05) is 18.2 Å². The van der Waals surface area contributed by atoms with Crippen molar-refractivity contribution in [2.24, 2.45) is 5.41 Å². The molecule has 7 heteroatoms. The van der Waals surface area contributed by atoms with Gasteiger partial charge in [-0.25, -0.2) is 19.5 Å². The molecule has 5 aromatic rings. The van der Waals surface area contributed by atoms with Crippen molar-refractivity contribution in [3.8, 4) is 17.0 Å². The zero-order valence-corrected chi connectivity index (χ0v) is 16.3. The molecule has 28 heavy (non-hydrogen) atoms. The van der Waals surface area contributed by atoms with Gasteiger partial charge in [-0.3, -0.25) is 0 Å². The molecule has 0 saturated carbocycles. The first-order valence-electron chi connectivity index (χ1n) is 9.22. The van der Waals surface area contributed by atoms with Crippen LogP contribution >= 0.6 is 11.3 Å². The Kier molecular flexibility index (Phi) is 3.12. The molecule has 0 radical (unpaired) electrons. The van der Waals surface area contributed by atoms with Crippen molar-refractivity contribution in [3.05, 3.63) is 48.5 Å². The Morgan fingerprint density at radius 2 is 2.00 bits per heavy atom. The Morgan fingerprint density at radius 1 is 1.14 bits per heavy atom. The van der Waals surface area contributed by atoms with Gasteiger partial charge in [-0.1, -0.05) is 44.2 Å². The summed E-state index contributed by atoms with van der Waals surface area (Å²) >= 11 is 1.63. The van der Waals surface area contributed by atoms with E-state index in [9.17, 15) is 0 Å². The minimum Gasteiger partial charge on any atom is -0.490 e. The fraction of sp³-hybridized carbons (Fsp3) is 0.238. The van der Waals surface area contributed by atoms with Crippen LogP contribution in [0.25, 0.3) is 37.3 Å². The van der Waals surface area contributed by atoms with E-state index in [1.54, 1.807) is 28.5 Å². The summed E-state index contributed by atoms with van der Waals surface area (Å²) in [6, 6.07) is 10.3. The average Bonchev–Trinajstić information content (AvgIpc) is 3.31. The normalized spacial score (nSPS) is 15.8. The Morgan fingerprint density at radius 3 is 2.86 bits per heavy atom. The highest BCUT2D eigenvalue weighted by Crippen LogP contribution is 2.47. The van der Waals surface area contributed by atoms with Crippen LogP contribution in [0.3, 0.4) is 0 Å². The lowest BCUT2D eigenvalue weighted by atomic mass is 9.83. The quantitative estimate of drug-likeness (QED) is 0.423. The smallest absolute Gasteiger partial charge is 0.176 e. The number of rotatable bonds is 1. The van der Waals surface area contributed by atoms with Crippen LogP contribution in [0.1, 0.15) is 19.4 Å². The summed E-state index contributed by atoms with van der Waals surface area (Å²) in [6.07, 6.45) is 4.21. The van der Waals surface area contributed by atoms with E-state index < -0.39 is 0 Å². The number of thiophene rings is 1. The number of benzene rings is 1. The zero-order chi connectivity index (χ0) is 18.9. The van der Waals surface area contributed by atoms with E-state index in [4.69, 9.17) is 14.7 Å². The van der Waals surface area contributed by atoms with Crippen molar-refractivity contribution in [1.82, 2.24) is 24.6 Å². The zero-order valence-electron chi connectivity index (χ0n) is 15.5. The predicted octanol–water partition coefficient (Wildman–Crippen LogP) is 4.52. The molecular formula is C21H17N5OS. The van der Waals surface area contributed by atoms with Gasteiger partial charge in [0.15, 0.2) is 5.65 Å². The molecule has 1 aromatic carbocycles. The second-order valence-corrected chi connectivity index (χ2v) is 9.00. The summed E-state index contributed by atoms with van der Waals surface area (Å²) in [5, 5.41) is 5.31. The first-order chi connectivity index (χ1) is 13.6. The molecule has 0 fully saturated rings. The number of ether oxygens (including phenoxy) is 1. The highest BCUT2D eigenvalue weighted by atomic mass is 32.1. The molecular weight excluding hydrogens is 370 g/mol. The van der Waals surface area contributed by atoms with Crippen LogP contribution in [-0.4, -0.2) is 31.2 Å². The van der Waals surface area contributed by atoms with Gasteiger partial charge in [-0.15, -0.1) is 11.3 Å². The van der Waals surface area contributed by atoms with E-state index in [1.165, 1.54) is 5.56 Å². The van der Waals surface area contributed by atoms with Crippen molar-refractivity contribution in [1.29, 1.82) is 0 Å². The molecule has 0 amide bonds. The predicted molar refractivity (Wildman–Crippen MR) is 110 cm³/mol. The Bertz CT molecular complexity index is 1370. The third-order valence-corrected chi connectivity index (χ3v) is 6.32. The summed E-state index contributed by atoms with van der Waals surface area (Å²) in [4.78, 5) is 15.1.